The van der Waals surface area contributed by atoms with Gasteiger partial charge in [0, 0.05) is 30.6 Å². The maximum absolute atomic E-state index is 9.80. The molecule has 0 bridgehead atoms. The first kappa shape index (κ1) is 10.6. The van der Waals surface area contributed by atoms with Crippen molar-refractivity contribution in [3.05, 3.63) is 30.0 Å². The molecule has 3 rings (SSSR count). The molecule has 86 valence electrons. The third-order valence-electron chi connectivity index (χ3n) is 3.09. The Labute approximate surface area is 99.3 Å². The Hall–Kier alpha value is -1.59. The molecule has 0 amide bonds. The van der Waals surface area contributed by atoms with E-state index in [2.05, 4.69) is 4.98 Å². The van der Waals surface area contributed by atoms with Crippen LogP contribution in [0.4, 0.5) is 0 Å². The van der Waals surface area contributed by atoms with Crippen LogP contribution in [-0.2, 0) is 11.1 Å². The fourth-order valence-electron chi connectivity index (χ4n) is 2.25. The van der Waals surface area contributed by atoms with E-state index < -0.39 is 7.12 Å². The number of aromatic nitrogens is 1. The van der Waals surface area contributed by atoms with Crippen LogP contribution in [0.25, 0.3) is 10.9 Å². The second-order valence-corrected chi connectivity index (χ2v) is 4.03. The first-order valence-corrected chi connectivity index (χ1v) is 5.55. The van der Waals surface area contributed by atoms with Gasteiger partial charge in [0.25, 0.3) is 0 Å². The fourth-order valence-corrected chi connectivity index (χ4v) is 2.25. The van der Waals surface area contributed by atoms with Crippen molar-refractivity contribution in [3.63, 3.8) is 0 Å². The van der Waals surface area contributed by atoms with Crippen molar-refractivity contribution in [2.24, 2.45) is 0 Å². The molecule has 1 aliphatic rings. The van der Waals surface area contributed by atoms with E-state index in [0.29, 0.717) is 12.1 Å². The summed E-state index contributed by atoms with van der Waals surface area (Å²) in [4.78, 5) is 4.33. The van der Waals surface area contributed by atoms with Gasteiger partial charge in [0.1, 0.15) is 5.75 Å². The average Bonchev–Trinajstić information content (AvgIpc) is 2.39. The van der Waals surface area contributed by atoms with E-state index in [4.69, 9.17) is 9.39 Å². The molecule has 1 aliphatic heterocycles. The van der Waals surface area contributed by atoms with Crippen molar-refractivity contribution in [1.29, 1.82) is 0 Å². The Morgan fingerprint density at radius 2 is 2.29 bits per heavy atom. The summed E-state index contributed by atoms with van der Waals surface area (Å²) in [6.45, 7) is 0.693. The molecule has 1 aromatic heterocycles. The van der Waals surface area contributed by atoms with Gasteiger partial charge in [-0.15, -0.1) is 0 Å². The van der Waals surface area contributed by atoms with Gasteiger partial charge in [-0.1, -0.05) is 6.07 Å². The molecule has 0 radical (unpaired) electrons. The number of pyridine rings is 1. The van der Waals surface area contributed by atoms with Crippen molar-refractivity contribution in [3.8, 4) is 5.75 Å². The molecule has 0 saturated heterocycles. The van der Waals surface area contributed by atoms with Crippen LogP contribution in [0.2, 0.25) is 0 Å². The summed E-state index contributed by atoms with van der Waals surface area (Å²) in [5, 5.41) is 10.8. The van der Waals surface area contributed by atoms with Crippen LogP contribution in [0, 0.1) is 0 Å². The zero-order valence-corrected chi connectivity index (χ0v) is 9.51. The number of benzene rings is 1. The van der Waals surface area contributed by atoms with Gasteiger partial charge in [-0.2, -0.15) is 0 Å². The highest BCUT2D eigenvalue weighted by molar-refractivity contribution is 6.63. The molecule has 2 aromatic rings. The molecule has 5 heteroatoms. The van der Waals surface area contributed by atoms with Crippen molar-refractivity contribution < 1.29 is 14.4 Å². The number of hydrogen-bond acceptors (Lipinski definition) is 4. The third-order valence-corrected chi connectivity index (χ3v) is 3.09. The van der Waals surface area contributed by atoms with Crippen LogP contribution >= 0.6 is 0 Å². The van der Waals surface area contributed by atoms with E-state index in [1.165, 1.54) is 12.7 Å². The van der Waals surface area contributed by atoms with E-state index in [0.717, 1.165) is 23.1 Å². The van der Waals surface area contributed by atoms with E-state index in [9.17, 15) is 5.02 Å². The van der Waals surface area contributed by atoms with Crippen LogP contribution in [0.15, 0.2) is 24.4 Å². The summed E-state index contributed by atoms with van der Waals surface area (Å²) >= 11 is 0. The van der Waals surface area contributed by atoms with Gasteiger partial charge in [0.05, 0.1) is 12.1 Å². The second-order valence-electron chi connectivity index (χ2n) is 4.03. The summed E-state index contributed by atoms with van der Waals surface area (Å²) in [5.41, 5.74) is 2.65. The van der Waals surface area contributed by atoms with Gasteiger partial charge in [-0.25, -0.2) is 0 Å². The summed E-state index contributed by atoms with van der Waals surface area (Å²) in [6, 6.07) is 5.66. The monoisotopic (exact) mass is 229 g/mol. The minimum atomic E-state index is -0.950. The lowest BCUT2D eigenvalue weighted by atomic mass is 9.77. The topological polar surface area (TPSA) is 51.6 Å². The van der Waals surface area contributed by atoms with Gasteiger partial charge in [0.15, 0.2) is 0 Å². The van der Waals surface area contributed by atoms with Crippen LogP contribution in [0.3, 0.4) is 0 Å². The molecule has 0 fully saturated rings. The smallest absolute Gasteiger partial charge is 0.493 e. The highest BCUT2D eigenvalue weighted by atomic mass is 16.5. The van der Waals surface area contributed by atoms with Crippen molar-refractivity contribution >= 4 is 23.5 Å². The number of rotatable bonds is 2. The number of ether oxygens (including phenoxy) is 1. The van der Waals surface area contributed by atoms with Crippen LogP contribution in [0.1, 0.15) is 5.56 Å². The molecule has 0 aliphatic carbocycles. The van der Waals surface area contributed by atoms with E-state index in [1.54, 1.807) is 12.3 Å². The quantitative estimate of drug-likeness (QED) is 0.762. The number of nitrogens with zero attached hydrogens (tertiary/aromatic N) is 1. The molecular formula is C12H12BNO3. The normalized spacial score (nSPS) is 13.5. The Bertz CT molecular complexity index is 563. The highest BCUT2D eigenvalue weighted by Gasteiger charge is 2.23. The predicted molar refractivity (Wildman–Crippen MR) is 65.6 cm³/mol. The van der Waals surface area contributed by atoms with Crippen LogP contribution in [0.5, 0.6) is 5.75 Å². The largest absolute Gasteiger partial charge is 0.493 e. The Morgan fingerprint density at radius 3 is 3.12 bits per heavy atom. The average molecular weight is 229 g/mol. The van der Waals surface area contributed by atoms with Gasteiger partial charge in [-0.05, 0) is 17.7 Å². The van der Waals surface area contributed by atoms with Gasteiger partial charge in [0.2, 0.25) is 0 Å². The standard InChI is InChI=1S/C12H12BNO3/c1-16-13(15)9-2-3-10-11-8(5-7-17-10)4-6-14-12(9)11/h2-4,6,15H,5,7H2,1H3. The zero-order valence-electron chi connectivity index (χ0n) is 9.51. The van der Waals surface area contributed by atoms with Gasteiger partial charge < -0.3 is 14.4 Å². The minimum Gasteiger partial charge on any atom is -0.493 e. The second kappa shape index (κ2) is 4.02. The minimum absolute atomic E-state index is 0.679. The lowest BCUT2D eigenvalue weighted by Crippen LogP contribution is -2.33. The summed E-state index contributed by atoms with van der Waals surface area (Å²) in [5.74, 6) is 0.835. The molecule has 17 heavy (non-hydrogen) atoms. The maximum atomic E-state index is 9.80. The Balaban J connectivity index is 2.32. The molecule has 1 N–H and O–H groups in total. The first-order valence-electron chi connectivity index (χ1n) is 5.55. The summed E-state index contributed by atoms with van der Waals surface area (Å²) < 4.78 is 10.6. The van der Waals surface area contributed by atoms with Crippen LogP contribution in [-0.4, -0.2) is 30.8 Å². The SMILES string of the molecule is COB(O)c1ccc2c3c(ccnc13)CCO2. The van der Waals surface area contributed by atoms with Gasteiger partial charge >= 0.3 is 7.12 Å². The molecule has 2 heterocycles. The first-order chi connectivity index (χ1) is 8.31. The van der Waals surface area contributed by atoms with Crippen LogP contribution < -0.4 is 10.2 Å². The summed E-state index contributed by atoms with van der Waals surface area (Å²) in [7, 11) is 0.519. The fraction of sp³-hybridized carbons (Fsp3) is 0.250. The molecular weight excluding hydrogens is 217 g/mol. The van der Waals surface area contributed by atoms with Crippen molar-refractivity contribution in [1.82, 2.24) is 4.98 Å². The van der Waals surface area contributed by atoms with E-state index in [1.807, 2.05) is 12.1 Å². The van der Waals surface area contributed by atoms with Gasteiger partial charge in [-0.3, -0.25) is 4.98 Å². The molecule has 1 aromatic carbocycles. The third kappa shape index (κ3) is 1.59. The van der Waals surface area contributed by atoms with E-state index in [-0.39, 0.29) is 0 Å². The maximum Gasteiger partial charge on any atom is 0.493 e. The highest BCUT2D eigenvalue weighted by Crippen LogP contribution is 2.30. The summed E-state index contributed by atoms with van der Waals surface area (Å²) in [6.07, 6.45) is 2.64. The Morgan fingerprint density at radius 1 is 1.41 bits per heavy atom. The molecule has 0 spiro atoms. The zero-order chi connectivity index (χ0) is 11.8. The lowest BCUT2D eigenvalue weighted by molar-refractivity contribution is 0.318. The van der Waals surface area contributed by atoms with Crippen molar-refractivity contribution in [2.45, 2.75) is 6.42 Å². The molecule has 0 unspecified atom stereocenters. The van der Waals surface area contributed by atoms with Crippen molar-refractivity contribution in [2.75, 3.05) is 13.7 Å². The lowest BCUT2D eigenvalue weighted by Gasteiger charge is -2.19. The number of hydrogen-bond donors (Lipinski definition) is 1. The van der Waals surface area contributed by atoms with E-state index >= 15 is 0 Å². The molecule has 4 nitrogen and oxygen atoms in total. The molecule has 0 atom stereocenters. The molecule has 0 saturated carbocycles. The predicted octanol–water partition coefficient (Wildman–Crippen LogP) is 0.504. The Kier molecular flexibility index (Phi) is 2.50.